The first kappa shape index (κ1) is 10.8. The first-order chi connectivity index (χ1) is 6.70. The van der Waals surface area contributed by atoms with E-state index in [0.29, 0.717) is 6.61 Å². The van der Waals surface area contributed by atoms with Crippen LogP contribution in [0.15, 0.2) is 11.8 Å². The Bertz CT molecular complexity index is 263. The highest BCUT2D eigenvalue weighted by Crippen LogP contribution is 2.32. The molecule has 0 aromatic rings. The van der Waals surface area contributed by atoms with Gasteiger partial charge in [-0.2, -0.15) is 0 Å². The fraction of sp³-hybridized carbons (Fsp3) is 0.600. The topological polar surface area (TPSA) is 52.6 Å². The van der Waals surface area contributed by atoms with Gasteiger partial charge in [0.1, 0.15) is 11.8 Å². The van der Waals surface area contributed by atoms with Crippen LogP contribution in [0.5, 0.6) is 0 Å². The minimum absolute atomic E-state index is 0.000746. The van der Waals surface area contributed by atoms with E-state index in [4.69, 9.17) is 4.74 Å². The number of rotatable bonds is 5. The molecule has 0 aromatic carbocycles. The molecule has 0 saturated heterocycles. The molecule has 1 aliphatic rings. The van der Waals surface area contributed by atoms with E-state index in [1.54, 1.807) is 6.92 Å². The summed E-state index contributed by atoms with van der Waals surface area (Å²) in [6, 6.07) is 0. The van der Waals surface area contributed by atoms with Crippen molar-refractivity contribution in [2.24, 2.45) is 5.92 Å². The van der Waals surface area contributed by atoms with Gasteiger partial charge < -0.3 is 9.47 Å². The molecule has 0 aromatic heterocycles. The average molecular weight is 198 g/mol. The van der Waals surface area contributed by atoms with Crippen LogP contribution in [-0.4, -0.2) is 25.5 Å². The summed E-state index contributed by atoms with van der Waals surface area (Å²) in [6.45, 7) is 2.21. The third-order valence-corrected chi connectivity index (χ3v) is 1.99. The summed E-state index contributed by atoms with van der Waals surface area (Å²) >= 11 is 0. The maximum atomic E-state index is 11.6. The van der Waals surface area contributed by atoms with Crippen molar-refractivity contribution >= 4 is 11.8 Å². The van der Waals surface area contributed by atoms with Crippen molar-refractivity contribution < 1.29 is 19.1 Å². The number of carbonyl (C=O) groups is 2. The Morgan fingerprint density at radius 3 is 2.50 bits per heavy atom. The van der Waals surface area contributed by atoms with E-state index in [1.165, 1.54) is 13.4 Å². The summed E-state index contributed by atoms with van der Waals surface area (Å²) in [5.41, 5.74) is 0.0249. The van der Waals surface area contributed by atoms with Crippen LogP contribution in [0, 0.1) is 5.92 Å². The highest BCUT2D eigenvalue weighted by atomic mass is 16.5. The number of methoxy groups -OCH3 is 1. The standard InChI is InChI=1S/C10H14O4/c1-3-14-6-8(10(12)13-2)9(11)7-4-5-7/h6-7H,3-5H2,1-2H3/b8-6-. The summed E-state index contributed by atoms with van der Waals surface area (Å²) in [5, 5.41) is 0. The van der Waals surface area contributed by atoms with Gasteiger partial charge in [-0.1, -0.05) is 0 Å². The first-order valence-corrected chi connectivity index (χ1v) is 4.65. The minimum Gasteiger partial charge on any atom is -0.500 e. The quantitative estimate of drug-likeness (QED) is 0.218. The largest absolute Gasteiger partial charge is 0.500 e. The van der Waals surface area contributed by atoms with E-state index < -0.39 is 5.97 Å². The highest BCUT2D eigenvalue weighted by molar-refractivity contribution is 6.18. The van der Waals surface area contributed by atoms with Crippen molar-refractivity contribution in [1.82, 2.24) is 0 Å². The SMILES string of the molecule is CCO/C=C(\C(=O)OC)C(=O)C1CC1. The maximum absolute atomic E-state index is 11.6. The summed E-state index contributed by atoms with van der Waals surface area (Å²) in [5.74, 6) is -0.776. The molecular weight excluding hydrogens is 184 g/mol. The number of Topliss-reactive ketones (excluding diaryl/α,β-unsaturated/α-hetero) is 1. The Balaban J connectivity index is 2.69. The summed E-state index contributed by atoms with van der Waals surface area (Å²) < 4.78 is 9.43. The van der Waals surface area contributed by atoms with Gasteiger partial charge in [0.25, 0.3) is 0 Å². The Hall–Kier alpha value is -1.32. The molecule has 1 rings (SSSR count). The number of ketones is 1. The van der Waals surface area contributed by atoms with Crippen LogP contribution in [0.25, 0.3) is 0 Å². The number of hydrogen-bond donors (Lipinski definition) is 0. The van der Waals surface area contributed by atoms with Gasteiger partial charge in [0.05, 0.1) is 13.7 Å². The van der Waals surface area contributed by atoms with Gasteiger partial charge in [-0.15, -0.1) is 0 Å². The van der Waals surface area contributed by atoms with Crippen LogP contribution < -0.4 is 0 Å². The second-order valence-electron chi connectivity index (χ2n) is 3.12. The molecule has 0 aliphatic heterocycles. The van der Waals surface area contributed by atoms with Crippen molar-refractivity contribution in [3.63, 3.8) is 0 Å². The molecule has 0 heterocycles. The van der Waals surface area contributed by atoms with Crippen molar-refractivity contribution in [3.8, 4) is 0 Å². The third kappa shape index (κ3) is 2.58. The molecule has 0 radical (unpaired) electrons. The molecule has 78 valence electrons. The Morgan fingerprint density at radius 2 is 2.07 bits per heavy atom. The van der Waals surface area contributed by atoms with E-state index in [-0.39, 0.29) is 17.3 Å². The zero-order valence-corrected chi connectivity index (χ0v) is 8.41. The number of ether oxygens (including phenoxy) is 2. The van der Waals surface area contributed by atoms with Crippen LogP contribution in [0.1, 0.15) is 19.8 Å². The lowest BCUT2D eigenvalue weighted by Crippen LogP contribution is -2.16. The molecule has 14 heavy (non-hydrogen) atoms. The van der Waals surface area contributed by atoms with Crippen molar-refractivity contribution in [1.29, 1.82) is 0 Å². The fourth-order valence-corrected chi connectivity index (χ4v) is 1.05. The monoisotopic (exact) mass is 198 g/mol. The Kier molecular flexibility index (Phi) is 3.68. The molecular formula is C10H14O4. The Morgan fingerprint density at radius 1 is 1.43 bits per heavy atom. The highest BCUT2D eigenvalue weighted by Gasteiger charge is 2.35. The van der Waals surface area contributed by atoms with Gasteiger partial charge >= 0.3 is 5.97 Å². The van der Waals surface area contributed by atoms with E-state index in [2.05, 4.69) is 4.74 Å². The summed E-state index contributed by atoms with van der Waals surface area (Å²) in [6.07, 6.45) is 2.92. The molecule has 1 saturated carbocycles. The molecule has 0 unspecified atom stereocenters. The van der Waals surface area contributed by atoms with Crippen molar-refractivity contribution in [2.45, 2.75) is 19.8 Å². The predicted molar refractivity (Wildman–Crippen MR) is 49.5 cm³/mol. The number of carbonyl (C=O) groups excluding carboxylic acids is 2. The van der Waals surface area contributed by atoms with Gasteiger partial charge in [0.15, 0.2) is 5.78 Å². The van der Waals surface area contributed by atoms with Crippen molar-refractivity contribution in [3.05, 3.63) is 11.8 Å². The Labute approximate surface area is 82.9 Å². The predicted octanol–water partition coefficient (Wildman–Crippen LogP) is 1.06. The van der Waals surface area contributed by atoms with Crippen LogP contribution in [0.2, 0.25) is 0 Å². The van der Waals surface area contributed by atoms with Gasteiger partial charge in [-0.3, -0.25) is 4.79 Å². The maximum Gasteiger partial charge on any atom is 0.344 e. The molecule has 0 spiro atoms. The van der Waals surface area contributed by atoms with Crippen molar-refractivity contribution in [2.75, 3.05) is 13.7 Å². The molecule has 4 nitrogen and oxygen atoms in total. The molecule has 0 atom stereocenters. The molecule has 1 aliphatic carbocycles. The first-order valence-electron chi connectivity index (χ1n) is 4.65. The molecule has 1 fully saturated rings. The zero-order chi connectivity index (χ0) is 10.6. The summed E-state index contributed by atoms with van der Waals surface area (Å²) in [4.78, 5) is 22.8. The second-order valence-corrected chi connectivity index (χ2v) is 3.12. The fourth-order valence-electron chi connectivity index (χ4n) is 1.05. The van der Waals surface area contributed by atoms with Crippen LogP contribution in [0.3, 0.4) is 0 Å². The third-order valence-electron chi connectivity index (χ3n) is 1.99. The zero-order valence-electron chi connectivity index (χ0n) is 8.41. The molecule has 0 amide bonds. The normalized spacial score (nSPS) is 16.3. The van der Waals surface area contributed by atoms with Gasteiger partial charge in [-0.05, 0) is 19.8 Å². The van der Waals surface area contributed by atoms with Gasteiger partial charge in [-0.25, -0.2) is 4.79 Å². The molecule has 0 bridgehead atoms. The van der Waals surface area contributed by atoms with E-state index >= 15 is 0 Å². The lowest BCUT2D eigenvalue weighted by molar-refractivity contribution is -0.138. The van der Waals surface area contributed by atoms with E-state index in [9.17, 15) is 9.59 Å². The minimum atomic E-state index is -0.615. The van der Waals surface area contributed by atoms with E-state index in [1.807, 2.05) is 0 Å². The van der Waals surface area contributed by atoms with Crippen LogP contribution in [0.4, 0.5) is 0 Å². The molecule has 0 N–H and O–H groups in total. The second kappa shape index (κ2) is 4.79. The molecule has 4 heteroatoms. The van der Waals surface area contributed by atoms with Crippen LogP contribution >= 0.6 is 0 Å². The number of esters is 1. The average Bonchev–Trinajstić information content (AvgIpc) is 3.00. The summed E-state index contributed by atoms with van der Waals surface area (Å²) in [7, 11) is 1.25. The number of hydrogen-bond acceptors (Lipinski definition) is 4. The van der Waals surface area contributed by atoms with Gasteiger partial charge in [0.2, 0.25) is 0 Å². The lowest BCUT2D eigenvalue weighted by Gasteiger charge is -2.03. The smallest absolute Gasteiger partial charge is 0.344 e. The lowest BCUT2D eigenvalue weighted by atomic mass is 10.1. The van der Waals surface area contributed by atoms with E-state index in [0.717, 1.165) is 12.8 Å². The van der Waals surface area contributed by atoms with Gasteiger partial charge in [0, 0.05) is 5.92 Å². The van der Waals surface area contributed by atoms with Crippen LogP contribution in [-0.2, 0) is 19.1 Å².